The Labute approximate surface area is 191 Å². The van der Waals surface area contributed by atoms with Gasteiger partial charge in [0.15, 0.2) is 0 Å². The molecule has 1 aromatic heterocycles. The number of carbonyl (C=O) groups is 2. The van der Waals surface area contributed by atoms with Gasteiger partial charge in [-0.25, -0.2) is 0 Å². The highest BCUT2D eigenvalue weighted by Gasteiger charge is 2.46. The number of ketones is 1. The van der Waals surface area contributed by atoms with Gasteiger partial charge in [-0.3, -0.25) is 14.6 Å². The number of nitrogens with zero attached hydrogens (tertiary/aromatic N) is 2. The first-order valence-corrected chi connectivity index (χ1v) is 10.6. The van der Waals surface area contributed by atoms with Crippen molar-refractivity contribution in [2.75, 3.05) is 13.7 Å². The minimum Gasteiger partial charge on any atom is -0.507 e. The minimum atomic E-state index is -0.761. The van der Waals surface area contributed by atoms with Crippen LogP contribution in [-0.4, -0.2) is 40.4 Å². The molecule has 1 N–H and O–H groups in total. The van der Waals surface area contributed by atoms with Crippen LogP contribution in [0, 0.1) is 0 Å². The first-order chi connectivity index (χ1) is 16.0. The molecule has 7 heteroatoms. The van der Waals surface area contributed by atoms with Crippen molar-refractivity contribution < 1.29 is 24.2 Å². The van der Waals surface area contributed by atoms with Gasteiger partial charge in [0.1, 0.15) is 17.3 Å². The number of rotatable bonds is 7. The minimum absolute atomic E-state index is 0.0400. The fraction of sp³-hybridized carbons (Fsp3) is 0.192. The number of aliphatic hydroxyl groups is 1. The number of methoxy groups -OCH3 is 1. The Morgan fingerprint density at radius 3 is 2.33 bits per heavy atom. The lowest BCUT2D eigenvalue weighted by Crippen LogP contribution is -2.29. The Morgan fingerprint density at radius 2 is 1.73 bits per heavy atom. The molecule has 168 valence electrons. The Bertz CT molecular complexity index is 1170. The first kappa shape index (κ1) is 22.1. The third-order valence-corrected chi connectivity index (χ3v) is 5.49. The van der Waals surface area contributed by atoms with Crippen molar-refractivity contribution in [3.05, 3.63) is 95.3 Å². The largest absolute Gasteiger partial charge is 0.507 e. The van der Waals surface area contributed by atoms with E-state index in [0.717, 1.165) is 5.56 Å². The van der Waals surface area contributed by atoms with Crippen LogP contribution >= 0.6 is 0 Å². The van der Waals surface area contributed by atoms with Crippen LogP contribution in [0.5, 0.6) is 11.5 Å². The lowest BCUT2D eigenvalue weighted by Gasteiger charge is -2.25. The summed E-state index contributed by atoms with van der Waals surface area (Å²) in [5, 5.41) is 11.1. The highest BCUT2D eigenvalue weighted by atomic mass is 16.5. The van der Waals surface area contributed by atoms with E-state index in [1.807, 2.05) is 13.0 Å². The average Bonchev–Trinajstić information content (AvgIpc) is 3.10. The van der Waals surface area contributed by atoms with Gasteiger partial charge in [0.25, 0.3) is 11.7 Å². The summed E-state index contributed by atoms with van der Waals surface area (Å²) in [4.78, 5) is 31.8. The molecule has 1 atom stereocenters. The second-order valence-corrected chi connectivity index (χ2v) is 7.52. The van der Waals surface area contributed by atoms with Crippen LogP contribution in [0.2, 0.25) is 0 Å². The van der Waals surface area contributed by atoms with E-state index < -0.39 is 17.7 Å². The average molecular weight is 444 g/mol. The number of carbonyl (C=O) groups excluding carboxylic acids is 2. The summed E-state index contributed by atoms with van der Waals surface area (Å²) in [7, 11) is 1.55. The van der Waals surface area contributed by atoms with Crippen molar-refractivity contribution >= 4 is 17.4 Å². The van der Waals surface area contributed by atoms with Gasteiger partial charge in [0.2, 0.25) is 0 Å². The van der Waals surface area contributed by atoms with Gasteiger partial charge in [-0.2, -0.15) is 0 Å². The van der Waals surface area contributed by atoms with Crippen molar-refractivity contribution in [1.29, 1.82) is 0 Å². The zero-order valence-corrected chi connectivity index (χ0v) is 18.4. The van der Waals surface area contributed by atoms with E-state index >= 15 is 0 Å². The number of ether oxygens (including phenoxy) is 2. The van der Waals surface area contributed by atoms with Gasteiger partial charge in [0, 0.05) is 24.5 Å². The molecule has 0 aliphatic carbocycles. The second kappa shape index (κ2) is 9.56. The molecule has 0 bridgehead atoms. The number of hydrogen-bond acceptors (Lipinski definition) is 6. The summed E-state index contributed by atoms with van der Waals surface area (Å²) in [5.41, 5.74) is 1.93. The number of benzene rings is 2. The number of aliphatic hydroxyl groups excluding tert-OH is 1. The molecule has 0 unspecified atom stereocenters. The molecule has 0 spiro atoms. The summed E-state index contributed by atoms with van der Waals surface area (Å²) >= 11 is 0. The maximum atomic E-state index is 13.1. The van der Waals surface area contributed by atoms with Crippen LogP contribution in [0.15, 0.2) is 78.6 Å². The van der Waals surface area contributed by atoms with Crippen LogP contribution in [0.3, 0.4) is 0 Å². The first-order valence-electron chi connectivity index (χ1n) is 10.6. The molecule has 1 aliphatic rings. The van der Waals surface area contributed by atoms with E-state index in [9.17, 15) is 14.7 Å². The van der Waals surface area contributed by atoms with Gasteiger partial charge in [0.05, 0.1) is 25.3 Å². The van der Waals surface area contributed by atoms with Gasteiger partial charge < -0.3 is 19.5 Å². The lowest BCUT2D eigenvalue weighted by molar-refractivity contribution is -0.140. The molecule has 2 heterocycles. The number of aromatic nitrogens is 1. The standard InChI is InChI=1S/C26H24N2O5/c1-3-33-21-12-6-18(7-13-21)23-22(24(29)19-8-10-20(32-2)11-9-19)25(30)26(31)28(23)16-17-5-4-14-27-15-17/h4-15,23,29H,3,16H2,1-2H3/b24-22+/t23-/m1/s1. The number of hydrogen-bond donors (Lipinski definition) is 1. The number of likely N-dealkylation sites (tertiary alicyclic amines) is 1. The molecule has 1 aliphatic heterocycles. The van der Waals surface area contributed by atoms with E-state index in [0.29, 0.717) is 29.2 Å². The van der Waals surface area contributed by atoms with Crippen LogP contribution in [0.4, 0.5) is 0 Å². The molecule has 1 fully saturated rings. The molecule has 33 heavy (non-hydrogen) atoms. The van der Waals surface area contributed by atoms with Crippen molar-refractivity contribution in [3.63, 3.8) is 0 Å². The number of pyridine rings is 1. The Morgan fingerprint density at radius 1 is 1.03 bits per heavy atom. The Balaban J connectivity index is 1.81. The third kappa shape index (κ3) is 4.43. The van der Waals surface area contributed by atoms with E-state index in [1.54, 1.807) is 74.1 Å². The van der Waals surface area contributed by atoms with E-state index in [2.05, 4.69) is 4.98 Å². The van der Waals surface area contributed by atoms with E-state index in [-0.39, 0.29) is 17.9 Å². The molecule has 1 saturated heterocycles. The topological polar surface area (TPSA) is 89.0 Å². The quantitative estimate of drug-likeness (QED) is 0.335. The Kier molecular flexibility index (Phi) is 6.40. The molecule has 3 aromatic rings. The monoisotopic (exact) mass is 444 g/mol. The van der Waals surface area contributed by atoms with E-state index in [1.165, 1.54) is 4.90 Å². The van der Waals surface area contributed by atoms with Crippen LogP contribution in [0.1, 0.15) is 29.7 Å². The second-order valence-electron chi connectivity index (χ2n) is 7.52. The third-order valence-electron chi connectivity index (χ3n) is 5.49. The van der Waals surface area contributed by atoms with Crippen molar-refractivity contribution in [3.8, 4) is 11.5 Å². The maximum absolute atomic E-state index is 13.1. The van der Waals surface area contributed by atoms with Gasteiger partial charge in [-0.1, -0.05) is 18.2 Å². The SMILES string of the molecule is CCOc1ccc([C@@H]2/C(=C(\O)c3ccc(OC)cc3)C(=O)C(=O)N2Cc2cccnc2)cc1. The van der Waals surface area contributed by atoms with Crippen LogP contribution in [-0.2, 0) is 16.1 Å². The number of amides is 1. The van der Waals surface area contributed by atoms with Crippen molar-refractivity contribution in [1.82, 2.24) is 9.88 Å². The zero-order chi connectivity index (χ0) is 23.4. The lowest BCUT2D eigenvalue weighted by atomic mass is 9.95. The normalized spacial score (nSPS) is 17.3. The predicted octanol–water partition coefficient (Wildman–Crippen LogP) is 4.11. The molecule has 0 saturated carbocycles. The molecule has 4 rings (SSSR count). The van der Waals surface area contributed by atoms with Gasteiger partial charge >= 0.3 is 0 Å². The molecular formula is C26H24N2O5. The molecule has 2 aromatic carbocycles. The van der Waals surface area contributed by atoms with Crippen LogP contribution in [0.25, 0.3) is 5.76 Å². The summed E-state index contributed by atoms with van der Waals surface area (Å²) in [5.74, 6) is -0.338. The molecule has 0 radical (unpaired) electrons. The van der Waals surface area contributed by atoms with Gasteiger partial charge in [-0.05, 0) is 60.5 Å². The summed E-state index contributed by atoms with van der Waals surface area (Å²) < 4.78 is 10.7. The fourth-order valence-corrected chi connectivity index (χ4v) is 3.90. The van der Waals surface area contributed by atoms with E-state index in [4.69, 9.17) is 9.47 Å². The summed E-state index contributed by atoms with van der Waals surface area (Å²) in [6, 6.07) is 16.7. The highest BCUT2D eigenvalue weighted by Crippen LogP contribution is 2.40. The molecular weight excluding hydrogens is 420 g/mol. The fourth-order valence-electron chi connectivity index (χ4n) is 3.90. The zero-order valence-electron chi connectivity index (χ0n) is 18.4. The maximum Gasteiger partial charge on any atom is 0.295 e. The smallest absolute Gasteiger partial charge is 0.295 e. The van der Waals surface area contributed by atoms with Crippen LogP contribution < -0.4 is 9.47 Å². The highest BCUT2D eigenvalue weighted by molar-refractivity contribution is 6.46. The predicted molar refractivity (Wildman–Crippen MR) is 123 cm³/mol. The van der Waals surface area contributed by atoms with Crippen molar-refractivity contribution in [2.45, 2.75) is 19.5 Å². The summed E-state index contributed by atoms with van der Waals surface area (Å²) in [6.07, 6.45) is 3.29. The van der Waals surface area contributed by atoms with Gasteiger partial charge in [-0.15, -0.1) is 0 Å². The molecule has 1 amide bonds. The number of Topliss-reactive ketones (excluding diaryl/α,β-unsaturated/α-hetero) is 1. The van der Waals surface area contributed by atoms with Crippen molar-refractivity contribution in [2.24, 2.45) is 0 Å². The Hall–Kier alpha value is -4.13. The summed E-state index contributed by atoms with van der Waals surface area (Å²) in [6.45, 7) is 2.59. The molecule has 7 nitrogen and oxygen atoms in total.